The Bertz CT molecular complexity index is 1770. The molecule has 0 radical (unpaired) electrons. The largest absolute Gasteiger partial charge is 0.271 e. The summed E-state index contributed by atoms with van der Waals surface area (Å²) in [4.78, 5) is 41.6. The predicted molar refractivity (Wildman–Crippen MR) is 157 cm³/mol. The molecule has 202 valence electrons. The summed E-state index contributed by atoms with van der Waals surface area (Å²) in [5.41, 5.74) is 3.17. The standard InChI is InChI=1S/C31H23BrN6O3/c32-21-12-7-13-22(16-21)37-30(40)28-29(31(37)41)36(35-33-28)18-27(39)38-26(20-9-2-1-3-10-20)17-25(34-38)24-15-6-11-19-8-4-5-14-23(19)24/h1-16,26,28-29H,17-18H2/t26-,28+,29-/m1/s1. The maximum Gasteiger partial charge on any atom is 0.264 e. The summed E-state index contributed by atoms with van der Waals surface area (Å²) < 4.78 is 0.738. The van der Waals surface area contributed by atoms with Crippen LogP contribution in [0, 0.1) is 0 Å². The lowest BCUT2D eigenvalue weighted by Gasteiger charge is -2.25. The Kier molecular flexibility index (Phi) is 6.19. The summed E-state index contributed by atoms with van der Waals surface area (Å²) in [6, 6.07) is 28.6. The highest BCUT2D eigenvalue weighted by molar-refractivity contribution is 9.10. The summed E-state index contributed by atoms with van der Waals surface area (Å²) in [5.74, 6) is -1.26. The van der Waals surface area contributed by atoms with E-state index >= 15 is 0 Å². The molecule has 10 heteroatoms. The van der Waals surface area contributed by atoms with Gasteiger partial charge in [0.05, 0.1) is 17.4 Å². The van der Waals surface area contributed by atoms with E-state index in [1.165, 1.54) is 10.0 Å². The first kappa shape index (κ1) is 25.3. The zero-order valence-electron chi connectivity index (χ0n) is 21.7. The second-order valence-corrected chi connectivity index (χ2v) is 11.0. The Morgan fingerprint density at radius 3 is 2.46 bits per heavy atom. The van der Waals surface area contributed by atoms with E-state index in [1.807, 2.05) is 60.7 Å². The van der Waals surface area contributed by atoms with Crippen molar-refractivity contribution in [3.63, 3.8) is 0 Å². The molecule has 3 aliphatic heterocycles. The first-order chi connectivity index (χ1) is 20.0. The van der Waals surface area contributed by atoms with Crippen molar-refractivity contribution < 1.29 is 14.4 Å². The van der Waals surface area contributed by atoms with Crippen LogP contribution in [0.5, 0.6) is 0 Å². The SMILES string of the molecule is O=C1[C@H]2N=NN(CC(=O)N3N=C(c4cccc5ccccc45)C[C@@H]3c3ccccc3)[C@H]2C(=O)N1c1cccc(Br)c1. The molecule has 0 aromatic heterocycles. The van der Waals surface area contributed by atoms with Crippen molar-refractivity contribution in [2.45, 2.75) is 24.5 Å². The van der Waals surface area contributed by atoms with Crippen LogP contribution in [0.2, 0.25) is 0 Å². The number of carbonyl (C=O) groups is 3. The number of halogens is 1. The summed E-state index contributed by atoms with van der Waals surface area (Å²) in [5, 5.41) is 18.0. The Morgan fingerprint density at radius 2 is 1.63 bits per heavy atom. The third-order valence-electron chi connectivity index (χ3n) is 7.67. The monoisotopic (exact) mass is 606 g/mol. The zero-order chi connectivity index (χ0) is 28.1. The molecule has 4 aromatic rings. The van der Waals surface area contributed by atoms with E-state index in [-0.39, 0.29) is 18.5 Å². The highest BCUT2D eigenvalue weighted by atomic mass is 79.9. The quantitative estimate of drug-likeness (QED) is 0.289. The molecule has 7 rings (SSSR count). The van der Waals surface area contributed by atoms with Gasteiger partial charge in [-0.3, -0.25) is 19.4 Å². The van der Waals surface area contributed by atoms with Gasteiger partial charge in [-0.1, -0.05) is 100 Å². The maximum atomic E-state index is 13.9. The van der Waals surface area contributed by atoms with Crippen molar-refractivity contribution in [2.75, 3.05) is 11.4 Å². The summed E-state index contributed by atoms with van der Waals surface area (Å²) >= 11 is 3.39. The second kappa shape index (κ2) is 10.0. The molecule has 0 N–H and O–H groups in total. The summed E-state index contributed by atoms with van der Waals surface area (Å²) in [6.45, 7) is -0.244. The molecule has 0 saturated carbocycles. The van der Waals surface area contributed by atoms with Gasteiger partial charge in [0.2, 0.25) is 0 Å². The molecule has 3 aliphatic rings. The average molecular weight is 607 g/mol. The Morgan fingerprint density at radius 1 is 0.878 bits per heavy atom. The number of benzene rings is 4. The fourth-order valence-corrected chi connectivity index (χ4v) is 6.14. The van der Waals surface area contributed by atoms with Crippen molar-refractivity contribution >= 4 is 55.8 Å². The van der Waals surface area contributed by atoms with Crippen LogP contribution in [0.4, 0.5) is 5.69 Å². The van der Waals surface area contributed by atoms with Crippen molar-refractivity contribution in [3.05, 3.63) is 113 Å². The third kappa shape index (κ3) is 4.31. The van der Waals surface area contributed by atoms with E-state index in [0.29, 0.717) is 12.1 Å². The Labute approximate surface area is 243 Å². The minimum Gasteiger partial charge on any atom is -0.271 e. The maximum absolute atomic E-state index is 13.9. The molecule has 0 unspecified atom stereocenters. The van der Waals surface area contributed by atoms with Gasteiger partial charge in [0.15, 0.2) is 12.1 Å². The van der Waals surface area contributed by atoms with Gasteiger partial charge in [-0.25, -0.2) is 9.91 Å². The predicted octanol–water partition coefficient (Wildman–Crippen LogP) is 5.27. The molecular formula is C31H23BrN6O3. The number of hydrogen-bond donors (Lipinski definition) is 0. The summed E-state index contributed by atoms with van der Waals surface area (Å²) in [7, 11) is 0. The van der Waals surface area contributed by atoms with Crippen LogP contribution >= 0.6 is 15.9 Å². The number of imide groups is 1. The van der Waals surface area contributed by atoms with Gasteiger partial charge in [-0.05, 0) is 34.5 Å². The number of fused-ring (bicyclic) bond motifs is 2. The number of nitrogens with zero attached hydrogens (tertiary/aromatic N) is 6. The molecule has 3 heterocycles. The lowest BCUT2D eigenvalue weighted by Crippen LogP contribution is -2.44. The van der Waals surface area contributed by atoms with Gasteiger partial charge in [-0.15, -0.1) is 0 Å². The number of anilines is 1. The van der Waals surface area contributed by atoms with Crippen LogP contribution in [-0.4, -0.2) is 52.1 Å². The molecule has 0 aliphatic carbocycles. The second-order valence-electron chi connectivity index (χ2n) is 10.1. The third-order valence-corrected chi connectivity index (χ3v) is 8.17. The van der Waals surface area contributed by atoms with Crippen LogP contribution in [0.15, 0.2) is 117 Å². The molecule has 9 nitrogen and oxygen atoms in total. The highest BCUT2D eigenvalue weighted by Gasteiger charge is 2.55. The van der Waals surface area contributed by atoms with Gasteiger partial charge < -0.3 is 0 Å². The average Bonchev–Trinajstić information content (AvgIpc) is 3.68. The molecule has 1 fully saturated rings. The number of hydrogen-bond acceptors (Lipinski definition) is 7. The normalized spacial score (nSPS) is 21.6. The molecule has 3 atom stereocenters. The van der Waals surface area contributed by atoms with Crippen molar-refractivity contribution in [2.24, 2.45) is 15.4 Å². The topological polar surface area (TPSA) is 98.0 Å². The minimum atomic E-state index is -0.993. The molecular weight excluding hydrogens is 584 g/mol. The van der Waals surface area contributed by atoms with Crippen LogP contribution in [0.1, 0.15) is 23.6 Å². The molecule has 41 heavy (non-hydrogen) atoms. The van der Waals surface area contributed by atoms with Crippen LogP contribution in [-0.2, 0) is 14.4 Å². The lowest BCUT2D eigenvalue weighted by atomic mass is 9.95. The van der Waals surface area contributed by atoms with Crippen LogP contribution in [0.3, 0.4) is 0 Å². The molecule has 3 amide bonds. The van der Waals surface area contributed by atoms with Gasteiger partial charge in [0, 0.05) is 16.5 Å². The van der Waals surface area contributed by atoms with E-state index in [9.17, 15) is 14.4 Å². The van der Waals surface area contributed by atoms with E-state index in [1.54, 1.807) is 18.2 Å². The molecule has 0 bridgehead atoms. The fourth-order valence-electron chi connectivity index (χ4n) is 5.75. The minimum absolute atomic E-state index is 0.244. The molecule has 1 saturated heterocycles. The number of hydrazone groups is 1. The van der Waals surface area contributed by atoms with Gasteiger partial charge in [0.1, 0.15) is 6.54 Å². The fraction of sp³-hybridized carbons (Fsp3) is 0.161. The molecule has 4 aromatic carbocycles. The van der Waals surface area contributed by atoms with E-state index in [0.717, 1.165) is 37.0 Å². The first-order valence-corrected chi connectivity index (χ1v) is 14.0. The molecule has 0 spiro atoms. The number of carbonyl (C=O) groups excluding carboxylic acids is 3. The Balaban J connectivity index is 1.19. The van der Waals surface area contributed by atoms with Crippen LogP contribution in [0.25, 0.3) is 10.8 Å². The van der Waals surface area contributed by atoms with E-state index in [2.05, 4.69) is 44.5 Å². The van der Waals surface area contributed by atoms with E-state index in [4.69, 9.17) is 5.10 Å². The highest BCUT2D eigenvalue weighted by Crippen LogP contribution is 2.36. The van der Waals surface area contributed by atoms with Gasteiger partial charge >= 0.3 is 0 Å². The lowest BCUT2D eigenvalue weighted by molar-refractivity contribution is -0.135. The van der Waals surface area contributed by atoms with Gasteiger partial charge in [0.25, 0.3) is 17.7 Å². The zero-order valence-corrected chi connectivity index (χ0v) is 23.3. The Hall–Kier alpha value is -4.70. The number of rotatable bonds is 5. The summed E-state index contributed by atoms with van der Waals surface area (Å²) in [6.07, 6.45) is 0.533. The van der Waals surface area contributed by atoms with Crippen molar-refractivity contribution in [1.82, 2.24) is 10.0 Å². The van der Waals surface area contributed by atoms with Crippen molar-refractivity contribution in [3.8, 4) is 0 Å². The van der Waals surface area contributed by atoms with Gasteiger partial charge in [-0.2, -0.15) is 10.2 Å². The first-order valence-electron chi connectivity index (χ1n) is 13.2. The smallest absolute Gasteiger partial charge is 0.264 e. The van der Waals surface area contributed by atoms with Crippen molar-refractivity contribution in [1.29, 1.82) is 0 Å². The number of amides is 3. The van der Waals surface area contributed by atoms with E-state index < -0.39 is 23.9 Å². The van der Waals surface area contributed by atoms with Crippen LogP contribution < -0.4 is 4.90 Å².